The first kappa shape index (κ1) is 20.0. The van der Waals surface area contributed by atoms with Gasteiger partial charge in [0.05, 0.1) is 12.2 Å². The van der Waals surface area contributed by atoms with Gasteiger partial charge in [0.2, 0.25) is 0 Å². The van der Waals surface area contributed by atoms with Crippen molar-refractivity contribution in [2.75, 3.05) is 6.61 Å². The van der Waals surface area contributed by atoms with Crippen LogP contribution in [0.5, 0.6) is 0 Å². The minimum atomic E-state index is -0.530. The molecular formula is C28H36O3. The number of fused-ring (bicyclic) bond motifs is 7. The van der Waals surface area contributed by atoms with Crippen molar-refractivity contribution in [1.82, 2.24) is 0 Å². The average Bonchev–Trinajstić information content (AvgIpc) is 3.10. The largest absolute Gasteiger partial charge is 0.458 e. The molecule has 6 rings (SSSR count). The summed E-state index contributed by atoms with van der Waals surface area (Å²) in [5, 5.41) is 0. The number of benzene rings is 1. The summed E-state index contributed by atoms with van der Waals surface area (Å²) in [6, 6.07) is 6.97. The fourth-order valence-electron chi connectivity index (χ4n) is 8.67. The SMILES string of the molecule is C=C1C(=O)OC2CC1(C)OCC2C1CCC2C3CCc4c(C)cccc4C3CCC12C. The summed E-state index contributed by atoms with van der Waals surface area (Å²) in [6.07, 6.45) is 8.52. The molecule has 8 unspecified atom stereocenters. The van der Waals surface area contributed by atoms with Crippen molar-refractivity contribution in [3.05, 3.63) is 47.0 Å². The molecule has 2 saturated heterocycles. The normalized spacial score (nSPS) is 46.0. The van der Waals surface area contributed by atoms with Crippen LogP contribution in [0.15, 0.2) is 30.4 Å². The lowest BCUT2D eigenvalue weighted by molar-refractivity contribution is -0.199. The second-order valence-corrected chi connectivity index (χ2v) is 11.6. The lowest BCUT2D eigenvalue weighted by atomic mass is 9.52. The van der Waals surface area contributed by atoms with Crippen LogP contribution in [0.3, 0.4) is 0 Å². The molecule has 2 saturated carbocycles. The van der Waals surface area contributed by atoms with Gasteiger partial charge in [0.15, 0.2) is 0 Å². The van der Waals surface area contributed by atoms with Crippen LogP contribution in [-0.2, 0) is 20.7 Å². The van der Waals surface area contributed by atoms with Crippen LogP contribution in [0.25, 0.3) is 0 Å². The summed E-state index contributed by atoms with van der Waals surface area (Å²) in [7, 11) is 0. The number of aryl methyl sites for hydroxylation is 1. The van der Waals surface area contributed by atoms with Gasteiger partial charge in [-0.2, -0.15) is 0 Å². The Labute approximate surface area is 186 Å². The molecule has 0 aromatic heterocycles. The third-order valence-corrected chi connectivity index (χ3v) is 10.4. The summed E-state index contributed by atoms with van der Waals surface area (Å²) in [4.78, 5) is 12.5. The van der Waals surface area contributed by atoms with E-state index in [1.54, 1.807) is 11.1 Å². The smallest absolute Gasteiger partial charge is 0.336 e. The topological polar surface area (TPSA) is 35.5 Å². The molecule has 31 heavy (non-hydrogen) atoms. The molecule has 1 aromatic rings. The van der Waals surface area contributed by atoms with Gasteiger partial charge in [0, 0.05) is 12.3 Å². The molecule has 2 bridgehead atoms. The zero-order valence-electron chi connectivity index (χ0n) is 19.3. The Kier molecular flexibility index (Phi) is 4.33. The fourth-order valence-corrected chi connectivity index (χ4v) is 8.67. The van der Waals surface area contributed by atoms with E-state index in [0.717, 1.165) is 24.2 Å². The average molecular weight is 421 g/mol. The number of rotatable bonds is 1. The second kappa shape index (κ2) is 6.70. The van der Waals surface area contributed by atoms with Crippen LogP contribution in [0.4, 0.5) is 0 Å². The van der Waals surface area contributed by atoms with E-state index < -0.39 is 5.60 Å². The van der Waals surface area contributed by atoms with Gasteiger partial charge in [-0.15, -0.1) is 0 Å². The standard InChI is InChI=1S/C28H36O3/c1-16-6-5-7-19-18(16)8-9-21-20(19)12-13-27(3)23(21)10-11-24(27)22-15-30-28(4)14-25(22)31-26(29)17(28)2/h5-7,20-25H,2,8-15H2,1,3-4H3. The van der Waals surface area contributed by atoms with Crippen molar-refractivity contribution in [2.24, 2.45) is 29.1 Å². The Hall–Kier alpha value is -1.61. The quantitative estimate of drug-likeness (QED) is 0.429. The third-order valence-electron chi connectivity index (χ3n) is 10.4. The first-order chi connectivity index (χ1) is 14.8. The number of carbonyl (C=O) groups is 1. The fraction of sp³-hybridized carbons (Fsp3) is 0.679. The predicted octanol–water partition coefficient (Wildman–Crippen LogP) is 5.74. The highest BCUT2D eigenvalue weighted by Crippen LogP contribution is 2.65. The zero-order chi connectivity index (χ0) is 21.5. The molecule has 3 heteroatoms. The van der Waals surface area contributed by atoms with Crippen molar-refractivity contribution in [1.29, 1.82) is 0 Å². The minimum absolute atomic E-state index is 0.00946. The molecule has 5 aliphatic rings. The van der Waals surface area contributed by atoms with E-state index in [-0.39, 0.29) is 12.1 Å². The molecule has 1 aromatic carbocycles. The first-order valence-electron chi connectivity index (χ1n) is 12.4. The van der Waals surface area contributed by atoms with Gasteiger partial charge in [-0.3, -0.25) is 0 Å². The van der Waals surface area contributed by atoms with Gasteiger partial charge in [-0.05, 0) is 98.1 Å². The highest BCUT2D eigenvalue weighted by molar-refractivity contribution is 5.91. The Morgan fingerprint density at radius 1 is 1.06 bits per heavy atom. The van der Waals surface area contributed by atoms with Crippen LogP contribution in [0.2, 0.25) is 0 Å². The van der Waals surface area contributed by atoms with Crippen LogP contribution >= 0.6 is 0 Å². The molecule has 0 spiro atoms. The van der Waals surface area contributed by atoms with Gasteiger partial charge in [0.25, 0.3) is 0 Å². The zero-order valence-corrected chi connectivity index (χ0v) is 19.3. The van der Waals surface area contributed by atoms with E-state index in [2.05, 4.69) is 38.6 Å². The van der Waals surface area contributed by atoms with Crippen molar-refractivity contribution in [2.45, 2.75) is 83.3 Å². The highest BCUT2D eigenvalue weighted by atomic mass is 16.6. The van der Waals surface area contributed by atoms with Gasteiger partial charge in [-0.25, -0.2) is 4.79 Å². The lowest BCUT2D eigenvalue weighted by Gasteiger charge is -2.55. The number of hydrogen-bond donors (Lipinski definition) is 0. The maximum atomic E-state index is 12.5. The number of hydrogen-bond acceptors (Lipinski definition) is 3. The third kappa shape index (κ3) is 2.71. The van der Waals surface area contributed by atoms with Gasteiger partial charge in [0.1, 0.15) is 11.7 Å². The Bertz CT molecular complexity index is 950. The van der Waals surface area contributed by atoms with Crippen LogP contribution in [-0.4, -0.2) is 24.3 Å². The molecule has 3 nitrogen and oxygen atoms in total. The molecule has 3 aliphatic carbocycles. The maximum absolute atomic E-state index is 12.5. The summed E-state index contributed by atoms with van der Waals surface area (Å²) in [5.74, 6) is 3.00. The number of carbonyl (C=O) groups excluding carboxylic acids is 1. The molecule has 8 atom stereocenters. The second-order valence-electron chi connectivity index (χ2n) is 11.6. The number of esters is 1. The molecule has 166 valence electrons. The van der Waals surface area contributed by atoms with E-state index in [0.29, 0.717) is 29.4 Å². The molecule has 2 aliphatic heterocycles. The van der Waals surface area contributed by atoms with Crippen LogP contribution in [0.1, 0.15) is 75.0 Å². The molecule has 0 amide bonds. The summed E-state index contributed by atoms with van der Waals surface area (Å²) in [6.45, 7) is 11.5. The predicted molar refractivity (Wildman–Crippen MR) is 121 cm³/mol. The van der Waals surface area contributed by atoms with E-state index in [4.69, 9.17) is 9.47 Å². The van der Waals surface area contributed by atoms with Crippen molar-refractivity contribution < 1.29 is 14.3 Å². The van der Waals surface area contributed by atoms with Crippen molar-refractivity contribution in [3.8, 4) is 0 Å². The molecular weight excluding hydrogens is 384 g/mol. The van der Waals surface area contributed by atoms with Gasteiger partial charge < -0.3 is 9.47 Å². The molecule has 0 radical (unpaired) electrons. The Morgan fingerprint density at radius 3 is 2.65 bits per heavy atom. The van der Waals surface area contributed by atoms with E-state index in [1.807, 2.05) is 6.92 Å². The van der Waals surface area contributed by atoms with Gasteiger partial charge in [-0.1, -0.05) is 31.7 Å². The van der Waals surface area contributed by atoms with Crippen LogP contribution < -0.4 is 0 Å². The monoisotopic (exact) mass is 420 g/mol. The first-order valence-corrected chi connectivity index (χ1v) is 12.4. The van der Waals surface area contributed by atoms with E-state index >= 15 is 0 Å². The van der Waals surface area contributed by atoms with E-state index in [1.165, 1.54) is 44.1 Å². The highest BCUT2D eigenvalue weighted by Gasteiger charge is 2.60. The summed E-state index contributed by atoms with van der Waals surface area (Å²) < 4.78 is 12.3. The van der Waals surface area contributed by atoms with Gasteiger partial charge >= 0.3 is 5.97 Å². The van der Waals surface area contributed by atoms with Crippen LogP contribution in [0, 0.1) is 36.0 Å². The van der Waals surface area contributed by atoms with Crippen molar-refractivity contribution in [3.63, 3.8) is 0 Å². The maximum Gasteiger partial charge on any atom is 0.336 e. The lowest BCUT2D eigenvalue weighted by Crippen LogP contribution is -2.57. The molecule has 4 fully saturated rings. The van der Waals surface area contributed by atoms with Crippen molar-refractivity contribution >= 4 is 5.97 Å². The minimum Gasteiger partial charge on any atom is -0.458 e. The van der Waals surface area contributed by atoms with E-state index in [9.17, 15) is 4.79 Å². The number of ether oxygens (including phenoxy) is 2. The molecule has 0 N–H and O–H groups in total. The molecule has 2 heterocycles. The Morgan fingerprint density at radius 2 is 1.84 bits per heavy atom. The Balaban J connectivity index is 1.28. The summed E-state index contributed by atoms with van der Waals surface area (Å²) in [5.41, 5.74) is 5.07. The summed E-state index contributed by atoms with van der Waals surface area (Å²) >= 11 is 0.